The minimum Gasteiger partial charge on any atom is -0.339 e. The smallest absolute Gasteiger partial charge is 0.221 e. The van der Waals surface area contributed by atoms with Gasteiger partial charge in [0.1, 0.15) is 6.29 Å². The zero-order valence-electron chi connectivity index (χ0n) is 7.51. The van der Waals surface area contributed by atoms with Crippen LogP contribution in [0, 0.1) is 0 Å². The van der Waals surface area contributed by atoms with Gasteiger partial charge in [-0.05, 0) is 0 Å². The van der Waals surface area contributed by atoms with E-state index in [0.717, 1.165) is 25.9 Å². The molecule has 1 aliphatic rings. The highest BCUT2D eigenvalue weighted by Gasteiger charge is 2.13. The molecular weight excluding hydrogens is 170 g/mol. The lowest BCUT2D eigenvalue weighted by Gasteiger charge is -2.25. The quantitative estimate of drug-likeness (QED) is 0.471. The van der Waals surface area contributed by atoms with Crippen LogP contribution in [0.15, 0.2) is 0 Å². The molecular formula is C8H15N3O2. The van der Waals surface area contributed by atoms with Crippen LogP contribution in [0.2, 0.25) is 0 Å². The second-order valence-electron chi connectivity index (χ2n) is 2.98. The van der Waals surface area contributed by atoms with Gasteiger partial charge in [0.05, 0.1) is 6.17 Å². The molecule has 1 heterocycles. The number of hydrogen-bond donors (Lipinski definition) is 3. The monoisotopic (exact) mass is 185 g/mol. The Morgan fingerprint density at radius 2 is 2.38 bits per heavy atom. The number of rotatable bonds is 4. The highest BCUT2D eigenvalue weighted by atomic mass is 16.2. The van der Waals surface area contributed by atoms with Crippen LogP contribution in [0.1, 0.15) is 12.8 Å². The maximum atomic E-state index is 11.1. The lowest BCUT2D eigenvalue weighted by Crippen LogP contribution is -2.56. The van der Waals surface area contributed by atoms with Crippen molar-refractivity contribution in [3.05, 3.63) is 0 Å². The van der Waals surface area contributed by atoms with Crippen LogP contribution in [0.5, 0.6) is 0 Å². The molecule has 1 atom stereocenters. The van der Waals surface area contributed by atoms with Gasteiger partial charge in [0.2, 0.25) is 5.91 Å². The van der Waals surface area contributed by atoms with Crippen LogP contribution in [0.3, 0.4) is 0 Å². The van der Waals surface area contributed by atoms with Crippen molar-refractivity contribution in [2.24, 2.45) is 0 Å². The standard InChI is InChI=1S/C8H15N3O2/c12-5-1-2-8(13)11-7-6-9-3-4-10-7/h5,7,9-10H,1-4,6H2,(H,11,13). The number of aldehydes is 1. The molecule has 0 saturated carbocycles. The predicted octanol–water partition coefficient (Wildman–Crippen LogP) is -1.40. The first-order valence-electron chi connectivity index (χ1n) is 4.50. The van der Waals surface area contributed by atoms with Crippen molar-refractivity contribution in [1.82, 2.24) is 16.0 Å². The summed E-state index contributed by atoms with van der Waals surface area (Å²) in [6, 6.07) is 0. The van der Waals surface area contributed by atoms with E-state index < -0.39 is 0 Å². The van der Waals surface area contributed by atoms with Gasteiger partial charge < -0.3 is 15.4 Å². The molecule has 1 rings (SSSR count). The third kappa shape index (κ3) is 4.00. The Morgan fingerprint density at radius 3 is 3.00 bits per heavy atom. The normalized spacial score (nSPS) is 22.3. The molecule has 0 radical (unpaired) electrons. The summed E-state index contributed by atoms with van der Waals surface area (Å²) in [7, 11) is 0. The molecule has 13 heavy (non-hydrogen) atoms. The fourth-order valence-corrected chi connectivity index (χ4v) is 1.21. The van der Waals surface area contributed by atoms with Crippen molar-refractivity contribution in [3.63, 3.8) is 0 Å². The first-order chi connectivity index (χ1) is 6.33. The molecule has 0 aromatic heterocycles. The van der Waals surface area contributed by atoms with Crippen molar-refractivity contribution < 1.29 is 9.59 Å². The van der Waals surface area contributed by atoms with Crippen LogP contribution >= 0.6 is 0 Å². The Hall–Kier alpha value is -0.940. The maximum absolute atomic E-state index is 11.1. The largest absolute Gasteiger partial charge is 0.339 e. The van der Waals surface area contributed by atoms with Gasteiger partial charge in [-0.3, -0.25) is 10.1 Å². The molecule has 1 aliphatic heterocycles. The lowest BCUT2D eigenvalue weighted by atomic mass is 10.3. The first-order valence-corrected chi connectivity index (χ1v) is 4.50. The summed E-state index contributed by atoms with van der Waals surface area (Å²) >= 11 is 0. The van der Waals surface area contributed by atoms with Crippen LogP contribution < -0.4 is 16.0 Å². The van der Waals surface area contributed by atoms with Crippen molar-refractivity contribution in [3.8, 4) is 0 Å². The Balaban J connectivity index is 2.14. The van der Waals surface area contributed by atoms with Gasteiger partial charge in [0.25, 0.3) is 0 Å². The van der Waals surface area contributed by atoms with Crippen LogP contribution in [-0.2, 0) is 9.59 Å². The Kier molecular flexibility index (Phi) is 4.42. The summed E-state index contributed by atoms with van der Waals surface area (Å²) in [5.41, 5.74) is 0. The van der Waals surface area contributed by atoms with Crippen LogP contribution in [0.25, 0.3) is 0 Å². The summed E-state index contributed by atoms with van der Waals surface area (Å²) in [4.78, 5) is 21.1. The molecule has 5 heteroatoms. The van der Waals surface area contributed by atoms with Gasteiger partial charge in [0.15, 0.2) is 0 Å². The number of carbonyl (C=O) groups is 2. The fourth-order valence-electron chi connectivity index (χ4n) is 1.21. The van der Waals surface area contributed by atoms with Crippen molar-refractivity contribution >= 4 is 12.2 Å². The Bertz CT molecular complexity index is 178. The van der Waals surface area contributed by atoms with E-state index in [1.54, 1.807) is 0 Å². The zero-order valence-corrected chi connectivity index (χ0v) is 7.51. The van der Waals surface area contributed by atoms with E-state index in [1.807, 2.05) is 0 Å². The Morgan fingerprint density at radius 1 is 1.54 bits per heavy atom. The summed E-state index contributed by atoms with van der Waals surface area (Å²) in [5.74, 6) is -0.0756. The molecule has 0 bridgehead atoms. The predicted molar refractivity (Wildman–Crippen MR) is 48.1 cm³/mol. The number of nitrogens with one attached hydrogen (secondary N) is 3. The lowest BCUT2D eigenvalue weighted by molar-refractivity contribution is -0.123. The number of hydrogen-bond acceptors (Lipinski definition) is 4. The minimum atomic E-state index is -0.0756. The van der Waals surface area contributed by atoms with E-state index in [1.165, 1.54) is 0 Å². The number of amides is 1. The molecule has 0 aliphatic carbocycles. The van der Waals surface area contributed by atoms with E-state index in [0.29, 0.717) is 6.42 Å². The number of piperazine rings is 1. The summed E-state index contributed by atoms with van der Waals surface area (Å²) in [5, 5.41) is 9.08. The van der Waals surface area contributed by atoms with Gasteiger partial charge in [-0.25, -0.2) is 0 Å². The molecule has 0 aromatic rings. The third-order valence-electron chi connectivity index (χ3n) is 1.87. The van der Waals surface area contributed by atoms with E-state index in [-0.39, 0.29) is 18.5 Å². The number of carbonyl (C=O) groups excluding carboxylic acids is 2. The molecule has 1 unspecified atom stereocenters. The molecule has 3 N–H and O–H groups in total. The van der Waals surface area contributed by atoms with Gasteiger partial charge in [0, 0.05) is 32.5 Å². The average molecular weight is 185 g/mol. The Labute approximate surface area is 77.3 Å². The average Bonchev–Trinajstić information content (AvgIpc) is 2.16. The molecule has 0 aromatic carbocycles. The van der Waals surface area contributed by atoms with Gasteiger partial charge >= 0.3 is 0 Å². The maximum Gasteiger partial charge on any atom is 0.221 e. The fraction of sp³-hybridized carbons (Fsp3) is 0.750. The van der Waals surface area contributed by atoms with E-state index in [4.69, 9.17) is 0 Å². The third-order valence-corrected chi connectivity index (χ3v) is 1.87. The first kappa shape index (κ1) is 10.1. The van der Waals surface area contributed by atoms with Gasteiger partial charge in [-0.2, -0.15) is 0 Å². The second-order valence-corrected chi connectivity index (χ2v) is 2.98. The SMILES string of the molecule is O=CCCC(=O)NC1CNCCN1. The van der Waals surface area contributed by atoms with Crippen LogP contribution in [0.4, 0.5) is 0 Å². The van der Waals surface area contributed by atoms with E-state index >= 15 is 0 Å². The summed E-state index contributed by atoms with van der Waals surface area (Å²) in [6.07, 6.45) is 1.34. The van der Waals surface area contributed by atoms with Crippen molar-refractivity contribution in [2.75, 3.05) is 19.6 Å². The molecule has 1 amide bonds. The van der Waals surface area contributed by atoms with Gasteiger partial charge in [-0.1, -0.05) is 0 Å². The molecule has 1 fully saturated rings. The molecule has 5 nitrogen and oxygen atoms in total. The van der Waals surface area contributed by atoms with Crippen LogP contribution in [-0.4, -0.2) is 38.0 Å². The minimum absolute atomic E-state index is 0.00732. The summed E-state index contributed by atoms with van der Waals surface area (Å²) < 4.78 is 0. The topological polar surface area (TPSA) is 70.2 Å². The second kappa shape index (κ2) is 5.66. The van der Waals surface area contributed by atoms with E-state index in [9.17, 15) is 9.59 Å². The summed E-state index contributed by atoms with van der Waals surface area (Å²) in [6.45, 7) is 2.53. The van der Waals surface area contributed by atoms with E-state index in [2.05, 4.69) is 16.0 Å². The molecule has 1 saturated heterocycles. The molecule has 74 valence electrons. The zero-order chi connectivity index (χ0) is 9.52. The highest BCUT2D eigenvalue weighted by molar-refractivity contribution is 5.78. The molecule has 0 spiro atoms. The van der Waals surface area contributed by atoms with Gasteiger partial charge in [-0.15, -0.1) is 0 Å². The van der Waals surface area contributed by atoms with Crippen molar-refractivity contribution in [2.45, 2.75) is 19.0 Å². The highest BCUT2D eigenvalue weighted by Crippen LogP contribution is 1.87. The van der Waals surface area contributed by atoms with Crippen molar-refractivity contribution in [1.29, 1.82) is 0 Å².